The lowest BCUT2D eigenvalue weighted by Crippen LogP contribution is -2.44. The van der Waals surface area contributed by atoms with Crippen LogP contribution in [-0.4, -0.2) is 26.4 Å². The lowest BCUT2D eigenvalue weighted by atomic mass is 9.98. The summed E-state index contributed by atoms with van der Waals surface area (Å²) in [5.41, 5.74) is 9.71. The van der Waals surface area contributed by atoms with Gasteiger partial charge in [0.25, 0.3) is 0 Å². The molecule has 2 atom stereocenters. The van der Waals surface area contributed by atoms with Crippen LogP contribution in [-0.2, 0) is 11.0 Å². The molecule has 0 saturated carbocycles. The SMILES string of the molecule is CC(C)(C)[Si](C)(C)O[C@@H](CNC(CCCCCN)c1ccccc1)c1ccc(OCc2ccccc2)c2[nH]c(=O)ccc12. The maximum absolute atomic E-state index is 12.5. The summed E-state index contributed by atoms with van der Waals surface area (Å²) >= 11 is 0. The Morgan fingerprint density at radius 1 is 0.884 bits per heavy atom. The summed E-state index contributed by atoms with van der Waals surface area (Å²) in [5.74, 6) is 0.654. The minimum Gasteiger partial charge on any atom is -0.487 e. The molecule has 0 aliphatic carbocycles. The van der Waals surface area contributed by atoms with Gasteiger partial charge in [-0.25, -0.2) is 0 Å². The van der Waals surface area contributed by atoms with E-state index >= 15 is 0 Å². The number of benzene rings is 3. The predicted octanol–water partition coefficient (Wildman–Crippen LogP) is 8.02. The third kappa shape index (κ3) is 8.89. The lowest BCUT2D eigenvalue weighted by Gasteiger charge is -2.40. The van der Waals surface area contributed by atoms with Crippen molar-refractivity contribution in [3.05, 3.63) is 112 Å². The van der Waals surface area contributed by atoms with Crippen LogP contribution in [0.1, 0.15) is 75.3 Å². The summed E-state index contributed by atoms with van der Waals surface area (Å²) in [7, 11) is -2.17. The van der Waals surface area contributed by atoms with Gasteiger partial charge in [-0.15, -0.1) is 0 Å². The average molecular weight is 600 g/mol. The number of unbranched alkanes of at least 4 members (excludes halogenated alkanes) is 2. The Balaban J connectivity index is 1.68. The standard InChI is InChI=1S/C36H49N3O3Si/c1-36(2,3)43(4,5)42-33(25-38-31(19-13-8-14-24-37)28-17-11-7-12-18-28)29-20-22-32(35-30(29)21-23-34(40)39-35)41-26-27-15-9-6-10-16-27/h6-7,9-12,15-18,20-23,31,33,38H,8,13-14,19,24-26,37H2,1-5H3,(H,39,40)/t31?,33-/m0/s1. The monoisotopic (exact) mass is 599 g/mol. The van der Waals surface area contributed by atoms with Crippen LogP contribution in [0.15, 0.2) is 89.7 Å². The predicted molar refractivity (Wildman–Crippen MR) is 181 cm³/mol. The highest BCUT2D eigenvalue weighted by molar-refractivity contribution is 6.74. The molecule has 0 aliphatic heterocycles. The van der Waals surface area contributed by atoms with Gasteiger partial charge in [0.05, 0.1) is 11.6 Å². The number of pyridine rings is 1. The number of nitrogens with one attached hydrogen (secondary N) is 2. The Morgan fingerprint density at radius 3 is 2.26 bits per heavy atom. The topological polar surface area (TPSA) is 89.4 Å². The van der Waals surface area contributed by atoms with Crippen LogP contribution >= 0.6 is 0 Å². The van der Waals surface area contributed by atoms with E-state index in [-0.39, 0.29) is 22.7 Å². The second-order valence-electron chi connectivity index (χ2n) is 12.9. The van der Waals surface area contributed by atoms with Crippen LogP contribution in [0.2, 0.25) is 18.1 Å². The first-order valence-corrected chi connectivity index (χ1v) is 18.5. The van der Waals surface area contributed by atoms with Gasteiger partial charge in [0.1, 0.15) is 12.4 Å². The first kappa shape index (κ1) is 32.7. The lowest BCUT2D eigenvalue weighted by molar-refractivity contribution is 0.175. The molecule has 1 unspecified atom stereocenters. The van der Waals surface area contributed by atoms with E-state index in [1.54, 1.807) is 6.07 Å². The first-order chi connectivity index (χ1) is 20.6. The number of aromatic amines is 1. The number of hydrogen-bond acceptors (Lipinski definition) is 5. The van der Waals surface area contributed by atoms with Crippen molar-refractivity contribution >= 4 is 19.2 Å². The van der Waals surface area contributed by atoms with Gasteiger partial charge in [-0.2, -0.15) is 0 Å². The summed E-state index contributed by atoms with van der Waals surface area (Å²) in [6.45, 7) is 13.2. The average Bonchev–Trinajstić information content (AvgIpc) is 2.99. The molecule has 4 N–H and O–H groups in total. The smallest absolute Gasteiger partial charge is 0.248 e. The van der Waals surface area contributed by atoms with E-state index in [9.17, 15) is 4.79 Å². The molecule has 7 heteroatoms. The molecule has 3 aromatic carbocycles. The van der Waals surface area contributed by atoms with Gasteiger partial charge < -0.3 is 25.2 Å². The molecule has 1 aromatic heterocycles. The van der Waals surface area contributed by atoms with Crippen molar-refractivity contribution in [2.24, 2.45) is 5.73 Å². The van der Waals surface area contributed by atoms with Gasteiger partial charge in [-0.05, 0) is 66.3 Å². The molecule has 0 amide bonds. The van der Waals surface area contributed by atoms with Gasteiger partial charge in [-0.1, -0.05) is 100 Å². The van der Waals surface area contributed by atoms with Crippen LogP contribution in [0.5, 0.6) is 5.75 Å². The summed E-state index contributed by atoms with van der Waals surface area (Å²) in [4.78, 5) is 15.6. The minimum atomic E-state index is -2.17. The molecule has 4 aromatic rings. The molecule has 1 heterocycles. The summed E-state index contributed by atoms with van der Waals surface area (Å²) in [6.07, 6.45) is 4.08. The normalized spacial score (nSPS) is 13.6. The van der Waals surface area contributed by atoms with E-state index in [0.29, 0.717) is 24.4 Å². The molecule has 43 heavy (non-hydrogen) atoms. The van der Waals surface area contributed by atoms with Crippen LogP contribution in [0.4, 0.5) is 0 Å². The molecule has 0 fully saturated rings. The van der Waals surface area contributed by atoms with Crippen LogP contribution in [0, 0.1) is 0 Å². The zero-order valence-electron chi connectivity index (χ0n) is 26.5. The van der Waals surface area contributed by atoms with Gasteiger partial charge in [0, 0.05) is 24.0 Å². The van der Waals surface area contributed by atoms with E-state index in [4.69, 9.17) is 14.9 Å². The van der Waals surface area contributed by atoms with Crippen molar-refractivity contribution in [3.8, 4) is 5.75 Å². The highest BCUT2D eigenvalue weighted by Crippen LogP contribution is 2.41. The fourth-order valence-corrected chi connectivity index (χ4v) is 6.40. The number of hydrogen-bond donors (Lipinski definition) is 3. The maximum Gasteiger partial charge on any atom is 0.248 e. The third-order valence-electron chi connectivity index (χ3n) is 8.67. The number of nitrogens with two attached hydrogens (primary N) is 1. The highest BCUT2D eigenvalue weighted by Gasteiger charge is 2.40. The van der Waals surface area contributed by atoms with Gasteiger partial charge in [0.2, 0.25) is 5.56 Å². The summed E-state index contributed by atoms with van der Waals surface area (Å²) < 4.78 is 13.4. The van der Waals surface area contributed by atoms with Crippen molar-refractivity contribution < 1.29 is 9.16 Å². The van der Waals surface area contributed by atoms with E-state index in [1.807, 2.05) is 42.5 Å². The summed E-state index contributed by atoms with van der Waals surface area (Å²) in [6, 6.07) is 28.5. The molecule has 0 bridgehead atoms. The van der Waals surface area contributed by atoms with Gasteiger partial charge in [-0.3, -0.25) is 4.79 Å². The highest BCUT2D eigenvalue weighted by atomic mass is 28.4. The number of fused-ring (bicyclic) bond motifs is 1. The quantitative estimate of drug-likeness (QED) is 0.0951. The second-order valence-corrected chi connectivity index (χ2v) is 17.7. The number of ether oxygens (including phenoxy) is 1. The zero-order valence-corrected chi connectivity index (χ0v) is 27.5. The molecular weight excluding hydrogens is 551 g/mol. The zero-order chi connectivity index (χ0) is 30.9. The Morgan fingerprint density at radius 2 is 1.58 bits per heavy atom. The fraction of sp³-hybridized carbons (Fsp3) is 0.417. The second kappa shape index (κ2) is 15.0. The van der Waals surface area contributed by atoms with Crippen LogP contribution in [0.25, 0.3) is 10.9 Å². The number of aromatic nitrogens is 1. The first-order valence-electron chi connectivity index (χ1n) is 15.6. The van der Waals surface area contributed by atoms with Crippen molar-refractivity contribution in [3.63, 3.8) is 0 Å². The van der Waals surface area contributed by atoms with Crippen molar-refractivity contribution in [1.29, 1.82) is 0 Å². The molecule has 4 rings (SSSR count). The van der Waals surface area contributed by atoms with Crippen molar-refractivity contribution in [2.45, 2.75) is 83.3 Å². The molecule has 0 saturated heterocycles. The number of rotatable bonds is 15. The van der Waals surface area contributed by atoms with Gasteiger partial charge in [0.15, 0.2) is 8.32 Å². The fourth-order valence-electron chi connectivity index (χ4n) is 5.12. The minimum absolute atomic E-state index is 0.0369. The van der Waals surface area contributed by atoms with Crippen molar-refractivity contribution in [1.82, 2.24) is 10.3 Å². The molecule has 6 nitrogen and oxygen atoms in total. The Bertz CT molecular complexity index is 1480. The molecule has 230 valence electrons. The summed E-state index contributed by atoms with van der Waals surface area (Å²) in [5, 5.41) is 4.86. The van der Waals surface area contributed by atoms with E-state index in [0.717, 1.165) is 48.7 Å². The Hall–Kier alpha value is -3.23. The largest absolute Gasteiger partial charge is 0.487 e. The van der Waals surface area contributed by atoms with E-state index in [2.05, 4.69) is 80.6 Å². The van der Waals surface area contributed by atoms with Crippen LogP contribution in [0.3, 0.4) is 0 Å². The Labute approximate surface area is 258 Å². The molecule has 0 aliphatic rings. The Kier molecular flexibility index (Phi) is 11.4. The van der Waals surface area contributed by atoms with Gasteiger partial charge >= 0.3 is 0 Å². The van der Waals surface area contributed by atoms with E-state index < -0.39 is 8.32 Å². The number of H-pyrrole nitrogens is 1. The van der Waals surface area contributed by atoms with E-state index in [1.165, 1.54) is 5.56 Å². The van der Waals surface area contributed by atoms with Crippen LogP contribution < -0.4 is 21.3 Å². The maximum atomic E-state index is 12.5. The molecular formula is C36H49N3O3Si. The molecule has 0 spiro atoms. The van der Waals surface area contributed by atoms with Crippen molar-refractivity contribution in [2.75, 3.05) is 13.1 Å². The molecule has 0 radical (unpaired) electrons. The third-order valence-corrected chi connectivity index (χ3v) is 13.2.